The van der Waals surface area contributed by atoms with E-state index in [1.165, 1.54) is 0 Å². The van der Waals surface area contributed by atoms with Crippen molar-refractivity contribution in [1.82, 2.24) is 10.2 Å². The number of rotatable bonds is 4. The van der Waals surface area contributed by atoms with Gasteiger partial charge < -0.3 is 5.32 Å². The first kappa shape index (κ1) is 9.54. The molecule has 12 heavy (non-hydrogen) atoms. The summed E-state index contributed by atoms with van der Waals surface area (Å²) in [5.74, 6) is 2.03. The lowest BCUT2D eigenvalue weighted by atomic mass is 10.4. The molecule has 4 nitrogen and oxygen atoms in total. The molecule has 0 saturated carbocycles. The minimum Gasteiger partial charge on any atom is -0.336 e. The van der Waals surface area contributed by atoms with Crippen LogP contribution in [0.3, 0.4) is 0 Å². The van der Waals surface area contributed by atoms with Crippen LogP contribution in [0, 0.1) is 0 Å². The summed E-state index contributed by atoms with van der Waals surface area (Å²) in [5, 5.41) is 2.41. The normalized spacial score (nSPS) is 21.3. The number of thioether (sulfide) groups is 1. The maximum atomic E-state index is 10.4. The van der Waals surface area contributed by atoms with E-state index < -0.39 is 6.17 Å². The summed E-state index contributed by atoms with van der Waals surface area (Å²) in [6.45, 7) is 1.68. The highest BCUT2D eigenvalue weighted by atomic mass is 32.2. The second kappa shape index (κ2) is 5.16. The van der Waals surface area contributed by atoms with Gasteiger partial charge in [0, 0.05) is 24.6 Å². The van der Waals surface area contributed by atoms with E-state index in [2.05, 4.69) is 5.32 Å². The Hall–Kier alpha value is -0.550. The van der Waals surface area contributed by atoms with Crippen LogP contribution >= 0.6 is 11.8 Å². The highest BCUT2D eigenvalue weighted by Crippen LogP contribution is 2.09. The maximum absolute atomic E-state index is 10.4. The molecule has 5 heteroatoms. The average Bonchev–Trinajstić information content (AvgIpc) is 2.15. The average molecular weight is 187 g/mol. The number of hydrogen-bond donors (Lipinski definition) is 1. The lowest BCUT2D eigenvalue weighted by molar-refractivity contribution is -0.110. The molecule has 1 N–H and O–H groups in total. The molecule has 1 aliphatic rings. The molecule has 0 spiro atoms. The van der Waals surface area contributed by atoms with Crippen molar-refractivity contribution in [3.63, 3.8) is 0 Å². The fraction of sp³-hybridized carbons (Fsp3) is 0.714. The summed E-state index contributed by atoms with van der Waals surface area (Å²) >= 11 is 1.86. The molecule has 1 radical (unpaired) electrons. The number of carbonyl (C=O) groups is 1. The first-order valence-electron chi connectivity index (χ1n) is 3.77. The summed E-state index contributed by atoms with van der Waals surface area (Å²) < 4.78 is 0. The van der Waals surface area contributed by atoms with Gasteiger partial charge in [-0.25, -0.2) is 0 Å². The van der Waals surface area contributed by atoms with Gasteiger partial charge in [0.25, 0.3) is 0 Å². The van der Waals surface area contributed by atoms with Crippen molar-refractivity contribution in [2.75, 3.05) is 24.6 Å². The van der Waals surface area contributed by atoms with Crippen LogP contribution in [0.25, 0.3) is 0 Å². The molecule has 0 aromatic heterocycles. The zero-order valence-electron chi connectivity index (χ0n) is 6.66. The molecule has 1 amide bonds. The highest BCUT2D eigenvalue weighted by molar-refractivity contribution is 7.99. The monoisotopic (exact) mass is 187 g/mol. The summed E-state index contributed by atoms with van der Waals surface area (Å²) in [5.41, 5.74) is 0. The molecule has 0 aromatic rings. The predicted molar refractivity (Wildman–Crippen MR) is 47.6 cm³/mol. The second-order valence-electron chi connectivity index (χ2n) is 2.45. The molecule has 1 unspecified atom stereocenters. The minimum absolute atomic E-state index is 0.539. The number of nitrogens with zero attached hydrogens (tertiary/aromatic N) is 1. The Kier molecular flexibility index (Phi) is 4.10. The van der Waals surface area contributed by atoms with Crippen LogP contribution in [0.2, 0.25) is 0 Å². The van der Waals surface area contributed by atoms with Crippen molar-refractivity contribution in [3.05, 3.63) is 0 Å². The van der Waals surface area contributed by atoms with Gasteiger partial charge in [0.15, 0.2) is 0 Å². The van der Waals surface area contributed by atoms with E-state index in [4.69, 9.17) is 0 Å². The van der Waals surface area contributed by atoms with Crippen LogP contribution in [-0.4, -0.2) is 48.4 Å². The van der Waals surface area contributed by atoms with Gasteiger partial charge in [-0.2, -0.15) is 11.8 Å². The largest absolute Gasteiger partial charge is 0.336 e. The molecule has 1 atom stereocenters. The molecular weight excluding hydrogens is 176 g/mol. The molecule has 1 aliphatic heterocycles. The fourth-order valence-electron chi connectivity index (χ4n) is 1.11. The van der Waals surface area contributed by atoms with Gasteiger partial charge in [0.2, 0.25) is 12.7 Å². The Balaban J connectivity index is 2.39. The van der Waals surface area contributed by atoms with E-state index in [1.54, 1.807) is 6.29 Å². The maximum Gasteiger partial charge on any atom is 0.239 e. The Morgan fingerprint density at radius 2 is 2.17 bits per heavy atom. The van der Waals surface area contributed by atoms with Crippen molar-refractivity contribution in [2.24, 2.45) is 0 Å². The van der Waals surface area contributed by atoms with Crippen LogP contribution < -0.4 is 5.32 Å². The number of nitrogens with one attached hydrogen (secondary N) is 1. The Labute approximate surface area is 75.7 Å². The molecule has 67 valence electrons. The van der Waals surface area contributed by atoms with Crippen molar-refractivity contribution in [3.8, 4) is 0 Å². The Morgan fingerprint density at radius 1 is 1.50 bits per heavy atom. The van der Waals surface area contributed by atoms with Crippen LogP contribution in [0.5, 0.6) is 0 Å². The molecule has 1 fully saturated rings. The summed E-state index contributed by atoms with van der Waals surface area (Å²) in [7, 11) is 0. The Bertz CT molecular complexity index is 159. The Morgan fingerprint density at radius 3 is 2.67 bits per heavy atom. The van der Waals surface area contributed by atoms with E-state index >= 15 is 0 Å². The zero-order chi connectivity index (χ0) is 8.81. The van der Waals surface area contributed by atoms with Gasteiger partial charge in [-0.15, -0.1) is 0 Å². The topological polar surface area (TPSA) is 49.4 Å². The van der Waals surface area contributed by atoms with Gasteiger partial charge in [-0.05, 0) is 0 Å². The quantitative estimate of drug-likeness (QED) is 0.586. The van der Waals surface area contributed by atoms with Crippen molar-refractivity contribution in [2.45, 2.75) is 6.17 Å². The van der Waals surface area contributed by atoms with Crippen LogP contribution in [0.1, 0.15) is 0 Å². The molecule has 0 aliphatic carbocycles. The third kappa shape index (κ3) is 2.49. The van der Waals surface area contributed by atoms with Crippen molar-refractivity contribution in [1.29, 1.82) is 0 Å². The van der Waals surface area contributed by atoms with E-state index in [-0.39, 0.29) is 0 Å². The second-order valence-corrected chi connectivity index (χ2v) is 3.68. The number of carbonyl (C=O) groups excluding carboxylic acids is 2. The molecular formula is C7H11N2O2S. The fourth-order valence-corrected chi connectivity index (χ4v) is 2.05. The van der Waals surface area contributed by atoms with E-state index in [0.29, 0.717) is 6.41 Å². The van der Waals surface area contributed by atoms with Gasteiger partial charge in [-0.3, -0.25) is 14.5 Å². The first-order valence-corrected chi connectivity index (χ1v) is 4.93. The van der Waals surface area contributed by atoms with Gasteiger partial charge >= 0.3 is 0 Å². The van der Waals surface area contributed by atoms with Crippen LogP contribution in [0.15, 0.2) is 0 Å². The van der Waals surface area contributed by atoms with Crippen molar-refractivity contribution >= 4 is 24.5 Å². The third-order valence-corrected chi connectivity index (χ3v) is 2.69. The number of amides is 1. The van der Waals surface area contributed by atoms with E-state index in [9.17, 15) is 9.59 Å². The number of hydrogen-bond acceptors (Lipinski definition) is 4. The molecule has 0 aromatic carbocycles. The standard InChI is InChI=1S/C7H11N2O2S/c10-5-7(8-6-11)9-1-3-12-4-2-9/h6-7H,1-4H2,(H,8,11). The van der Waals surface area contributed by atoms with Gasteiger partial charge in [-0.1, -0.05) is 0 Å². The first-order chi connectivity index (χ1) is 5.88. The molecule has 1 saturated heterocycles. The van der Waals surface area contributed by atoms with Crippen molar-refractivity contribution < 1.29 is 9.59 Å². The SMILES string of the molecule is O=[C]C(NC=O)N1CCSCC1. The lowest BCUT2D eigenvalue weighted by Crippen LogP contribution is -2.49. The highest BCUT2D eigenvalue weighted by Gasteiger charge is 2.19. The van der Waals surface area contributed by atoms with Crippen LogP contribution in [-0.2, 0) is 9.59 Å². The van der Waals surface area contributed by atoms with E-state index in [0.717, 1.165) is 24.6 Å². The summed E-state index contributed by atoms with van der Waals surface area (Å²) in [6.07, 6.45) is 1.78. The zero-order valence-corrected chi connectivity index (χ0v) is 7.47. The molecule has 1 rings (SSSR count). The summed E-state index contributed by atoms with van der Waals surface area (Å²) in [6, 6.07) is 0. The smallest absolute Gasteiger partial charge is 0.239 e. The lowest BCUT2D eigenvalue weighted by Gasteiger charge is -2.29. The summed E-state index contributed by atoms with van der Waals surface area (Å²) in [4.78, 5) is 22.4. The van der Waals surface area contributed by atoms with Gasteiger partial charge in [0.05, 0.1) is 0 Å². The van der Waals surface area contributed by atoms with Crippen LogP contribution in [0.4, 0.5) is 0 Å². The third-order valence-electron chi connectivity index (χ3n) is 1.75. The van der Waals surface area contributed by atoms with Gasteiger partial charge in [0.1, 0.15) is 6.17 Å². The molecule has 0 bridgehead atoms. The van der Waals surface area contributed by atoms with E-state index in [1.807, 2.05) is 16.7 Å². The predicted octanol–water partition coefficient (Wildman–Crippen LogP) is -0.783. The minimum atomic E-state index is -0.552. The molecule has 1 heterocycles.